The second kappa shape index (κ2) is 3.85. The van der Waals surface area contributed by atoms with Gasteiger partial charge < -0.3 is 9.47 Å². The molecule has 3 saturated heterocycles. The fraction of sp³-hybridized carbons (Fsp3) is 1.00. The molecule has 4 atom stereocenters. The Bertz CT molecular complexity index is 366. The van der Waals surface area contributed by atoms with Gasteiger partial charge >= 0.3 is 0 Å². The van der Waals surface area contributed by atoms with Crippen molar-refractivity contribution < 1.29 is 9.47 Å². The van der Waals surface area contributed by atoms with E-state index in [-0.39, 0.29) is 18.2 Å². The second-order valence-electron chi connectivity index (χ2n) is 5.58. The normalized spacial score (nSPS) is 43.9. The first kappa shape index (κ1) is 11.3. The highest BCUT2D eigenvalue weighted by Gasteiger charge is 2.53. The van der Waals surface area contributed by atoms with Crippen LogP contribution >= 0.6 is 0 Å². The fourth-order valence-electron chi connectivity index (χ4n) is 3.33. The van der Waals surface area contributed by atoms with Gasteiger partial charge in [0.1, 0.15) is 12.2 Å². The van der Waals surface area contributed by atoms with Gasteiger partial charge in [0.2, 0.25) is 0 Å². The molecular formula is C11H18N4O2. The lowest BCUT2D eigenvalue weighted by Gasteiger charge is -2.35. The molecule has 0 amide bonds. The average molecular weight is 238 g/mol. The molecule has 0 aliphatic carbocycles. The molecule has 0 radical (unpaired) electrons. The van der Waals surface area contributed by atoms with Gasteiger partial charge in [-0.05, 0) is 38.8 Å². The number of azide groups is 1. The van der Waals surface area contributed by atoms with Crippen molar-refractivity contribution in [3.63, 3.8) is 0 Å². The summed E-state index contributed by atoms with van der Waals surface area (Å²) in [5, 5.41) is 3.85. The number of rotatable bonds is 1. The van der Waals surface area contributed by atoms with Gasteiger partial charge in [0.25, 0.3) is 0 Å². The summed E-state index contributed by atoms with van der Waals surface area (Å²) in [6, 6.07) is 0.471. The van der Waals surface area contributed by atoms with Crippen molar-refractivity contribution in [3.8, 4) is 0 Å². The lowest BCUT2D eigenvalue weighted by atomic mass is 9.96. The lowest BCUT2D eigenvalue weighted by molar-refractivity contribution is -0.163. The van der Waals surface area contributed by atoms with Gasteiger partial charge in [0, 0.05) is 23.5 Å². The number of ether oxygens (including phenoxy) is 2. The maximum absolute atomic E-state index is 8.52. The highest BCUT2D eigenvalue weighted by Crippen LogP contribution is 2.40. The van der Waals surface area contributed by atoms with Crippen LogP contribution in [0.2, 0.25) is 0 Å². The minimum atomic E-state index is -0.465. The van der Waals surface area contributed by atoms with Gasteiger partial charge in [-0.15, -0.1) is 0 Å². The van der Waals surface area contributed by atoms with E-state index < -0.39 is 5.79 Å². The molecule has 0 N–H and O–H groups in total. The minimum absolute atomic E-state index is 0.118. The highest BCUT2D eigenvalue weighted by atomic mass is 16.8. The molecule has 0 aromatic heterocycles. The molecule has 0 aromatic carbocycles. The van der Waals surface area contributed by atoms with E-state index in [2.05, 4.69) is 14.9 Å². The van der Waals surface area contributed by atoms with Crippen molar-refractivity contribution >= 4 is 0 Å². The van der Waals surface area contributed by atoms with Crippen LogP contribution in [0.25, 0.3) is 10.4 Å². The third-order valence-electron chi connectivity index (χ3n) is 3.96. The summed E-state index contributed by atoms with van der Waals surface area (Å²) >= 11 is 0. The van der Waals surface area contributed by atoms with Crippen LogP contribution in [-0.2, 0) is 9.47 Å². The molecule has 3 aliphatic rings. The van der Waals surface area contributed by atoms with Crippen LogP contribution in [0.1, 0.15) is 26.7 Å². The van der Waals surface area contributed by atoms with E-state index in [1.807, 2.05) is 13.8 Å². The maximum Gasteiger partial charge on any atom is 0.163 e. The first-order valence-corrected chi connectivity index (χ1v) is 6.23. The number of piperidine rings is 1. The Morgan fingerprint density at radius 3 is 3.00 bits per heavy atom. The summed E-state index contributed by atoms with van der Waals surface area (Å²) in [5.41, 5.74) is 8.52. The van der Waals surface area contributed by atoms with Crippen LogP contribution in [-0.4, -0.2) is 48.1 Å². The molecule has 0 aromatic rings. The van der Waals surface area contributed by atoms with Crippen LogP contribution in [0.4, 0.5) is 0 Å². The van der Waals surface area contributed by atoms with Gasteiger partial charge in [-0.25, -0.2) is 0 Å². The predicted molar refractivity (Wildman–Crippen MR) is 61.4 cm³/mol. The lowest BCUT2D eigenvalue weighted by Crippen LogP contribution is -2.45. The molecule has 0 bridgehead atoms. The molecule has 3 rings (SSSR count). The SMILES string of the molecule is CC1(C)O[C@H]2[C@H]3C[C@H](N=[N+]=[N-])CCN3C[C@H]2O1. The van der Waals surface area contributed by atoms with Gasteiger partial charge in [0.15, 0.2) is 5.79 Å². The first-order chi connectivity index (χ1) is 8.09. The van der Waals surface area contributed by atoms with Gasteiger partial charge in [-0.1, -0.05) is 5.11 Å². The Morgan fingerprint density at radius 2 is 2.24 bits per heavy atom. The van der Waals surface area contributed by atoms with Crippen LogP contribution in [0.5, 0.6) is 0 Å². The zero-order chi connectivity index (χ0) is 12.0. The summed E-state index contributed by atoms with van der Waals surface area (Å²) in [6.07, 6.45) is 2.16. The van der Waals surface area contributed by atoms with Crippen LogP contribution in [0, 0.1) is 0 Å². The largest absolute Gasteiger partial charge is 0.343 e. The van der Waals surface area contributed by atoms with Crippen LogP contribution in [0.3, 0.4) is 0 Å². The summed E-state index contributed by atoms with van der Waals surface area (Å²) in [5.74, 6) is -0.465. The zero-order valence-corrected chi connectivity index (χ0v) is 10.2. The Kier molecular flexibility index (Phi) is 2.56. The third kappa shape index (κ3) is 1.91. The number of hydrogen-bond acceptors (Lipinski definition) is 4. The highest BCUT2D eigenvalue weighted by molar-refractivity contribution is 5.03. The number of hydrogen-bond donors (Lipinski definition) is 0. The monoisotopic (exact) mass is 238 g/mol. The zero-order valence-electron chi connectivity index (χ0n) is 10.2. The smallest absolute Gasteiger partial charge is 0.163 e. The van der Waals surface area contributed by atoms with Crippen molar-refractivity contribution in [1.29, 1.82) is 0 Å². The predicted octanol–water partition coefficient (Wildman–Crippen LogP) is 1.66. The number of fused-ring (bicyclic) bond motifs is 3. The molecule has 6 nitrogen and oxygen atoms in total. The van der Waals surface area contributed by atoms with E-state index in [0.717, 1.165) is 25.9 Å². The molecule has 0 unspecified atom stereocenters. The molecule has 6 heteroatoms. The standard InChI is InChI=1S/C11H18N4O2/c1-11(2)16-9-6-15-4-3-7(13-14-12)5-8(15)10(9)17-11/h7-10H,3-6H2,1-2H3/t7-,8-,9-,10+/m1/s1. The van der Waals surface area contributed by atoms with E-state index in [0.29, 0.717) is 6.04 Å². The van der Waals surface area contributed by atoms with E-state index >= 15 is 0 Å². The molecule has 3 fully saturated rings. The second-order valence-corrected chi connectivity index (χ2v) is 5.58. The van der Waals surface area contributed by atoms with Gasteiger partial charge in [0.05, 0.1) is 0 Å². The number of nitrogens with zero attached hydrogens (tertiary/aromatic N) is 4. The summed E-state index contributed by atoms with van der Waals surface area (Å²) in [7, 11) is 0. The van der Waals surface area contributed by atoms with Crippen molar-refractivity contribution in [2.45, 2.75) is 56.8 Å². The Labute approximate surface area is 100 Å². The molecule has 3 heterocycles. The van der Waals surface area contributed by atoms with Crippen molar-refractivity contribution in [2.75, 3.05) is 13.1 Å². The first-order valence-electron chi connectivity index (χ1n) is 6.23. The Hall–Kier alpha value is -0.810. The van der Waals surface area contributed by atoms with Crippen molar-refractivity contribution in [2.24, 2.45) is 5.11 Å². The fourth-order valence-corrected chi connectivity index (χ4v) is 3.33. The molecule has 3 aliphatic heterocycles. The molecule has 17 heavy (non-hydrogen) atoms. The summed E-state index contributed by atoms with van der Waals surface area (Å²) < 4.78 is 11.9. The maximum atomic E-state index is 8.52. The van der Waals surface area contributed by atoms with E-state index in [1.54, 1.807) is 0 Å². The molecule has 0 spiro atoms. The topological polar surface area (TPSA) is 70.5 Å². The molecular weight excluding hydrogens is 220 g/mol. The molecule has 94 valence electrons. The Morgan fingerprint density at radius 1 is 1.41 bits per heavy atom. The minimum Gasteiger partial charge on any atom is -0.343 e. The van der Waals surface area contributed by atoms with E-state index in [4.69, 9.17) is 15.0 Å². The Balaban J connectivity index is 1.74. The summed E-state index contributed by atoms with van der Waals surface area (Å²) in [4.78, 5) is 5.33. The average Bonchev–Trinajstić information content (AvgIpc) is 2.71. The van der Waals surface area contributed by atoms with Gasteiger partial charge in [-0.2, -0.15) is 0 Å². The van der Waals surface area contributed by atoms with Crippen molar-refractivity contribution in [1.82, 2.24) is 4.90 Å². The van der Waals surface area contributed by atoms with Crippen LogP contribution in [0.15, 0.2) is 5.11 Å². The van der Waals surface area contributed by atoms with Crippen LogP contribution < -0.4 is 0 Å². The van der Waals surface area contributed by atoms with E-state index in [1.165, 1.54) is 0 Å². The summed E-state index contributed by atoms with van der Waals surface area (Å²) in [6.45, 7) is 5.85. The van der Waals surface area contributed by atoms with Gasteiger partial charge in [-0.3, -0.25) is 4.90 Å². The third-order valence-corrected chi connectivity index (χ3v) is 3.96. The molecule has 0 saturated carbocycles. The quantitative estimate of drug-likeness (QED) is 0.396. The van der Waals surface area contributed by atoms with E-state index in [9.17, 15) is 0 Å². The van der Waals surface area contributed by atoms with Crippen molar-refractivity contribution in [3.05, 3.63) is 10.4 Å².